The van der Waals surface area contributed by atoms with E-state index in [1.807, 2.05) is 65.2 Å². The maximum Gasteiger partial charge on any atom is 0.196 e. The van der Waals surface area contributed by atoms with Gasteiger partial charge in [0.05, 0.1) is 11.6 Å². The molecule has 0 unspecified atom stereocenters. The van der Waals surface area contributed by atoms with Gasteiger partial charge in [-0.05, 0) is 54.1 Å². The Morgan fingerprint density at radius 1 is 1.00 bits per heavy atom. The molecule has 28 heavy (non-hydrogen) atoms. The molecular formula is C21H14BrN5S. The third kappa shape index (κ3) is 3.98. The summed E-state index contributed by atoms with van der Waals surface area (Å²) in [5, 5.41) is 18.6. The van der Waals surface area contributed by atoms with Crippen molar-refractivity contribution < 1.29 is 0 Å². The highest BCUT2D eigenvalue weighted by atomic mass is 79.9. The number of benzene rings is 2. The van der Waals surface area contributed by atoms with E-state index < -0.39 is 0 Å². The second-order valence-corrected chi connectivity index (χ2v) is 7.82. The van der Waals surface area contributed by atoms with Gasteiger partial charge in [-0.1, -0.05) is 39.8 Å². The molecule has 136 valence electrons. The minimum Gasteiger partial charge on any atom is -0.270 e. The van der Waals surface area contributed by atoms with Gasteiger partial charge >= 0.3 is 0 Å². The summed E-state index contributed by atoms with van der Waals surface area (Å²) >= 11 is 5.09. The van der Waals surface area contributed by atoms with Gasteiger partial charge in [0.25, 0.3) is 0 Å². The molecule has 0 amide bonds. The molecular weight excluding hydrogens is 434 g/mol. The van der Waals surface area contributed by atoms with Gasteiger partial charge in [0.1, 0.15) is 0 Å². The van der Waals surface area contributed by atoms with Gasteiger partial charge in [0, 0.05) is 33.9 Å². The molecule has 0 bridgehead atoms. The van der Waals surface area contributed by atoms with E-state index in [1.54, 1.807) is 24.2 Å². The standard InChI is InChI=1S/C21H14BrN5S/c22-18-7-9-19(10-8-18)27-20(17-2-1-11-24-13-17)25-26-21(27)28-14-16-5-3-15(12-23)4-6-16/h1-11,13H,14H2. The quantitative estimate of drug-likeness (QED) is 0.390. The first-order valence-electron chi connectivity index (χ1n) is 8.48. The van der Waals surface area contributed by atoms with Crippen LogP contribution in [0.1, 0.15) is 11.1 Å². The van der Waals surface area contributed by atoms with Crippen LogP contribution < -0.4 is 0 Å². The molecule has 0 aliphatic carbocycles. The van der Waals surface area contributed by atoms with Gasteiger partial charge in [-0.3, -0.25) is 9.55 Å². The van der Waals surface area contributed by atoms with Crippen LogP contribution in [0.15, 0.2) is 82.7 Å². The van der Waals surface area contributed by atoms with E-state index >= 15 is 0 Å². The van der Waals surface area contributed by atoms with Crippen LogP contribution in [0, 0.1) is 11.3 Å². The summed E-state index contributed by atoms with van der Waals surface area (Å²) in [5.74, 6) is 1.48. The number of hydrogen-bond donors (Lipinski definition) is 0. The summed E-state index contributed by atoms with van der Waals surface area (Å²) < 4.78 is 3.05. The number of hydrogen-bond acceptors (Lipinski definition) is 5. The van der Waals surface area contributed by atoms with Crippen LogP contribution in [0.25, 0.3) is 17.1 Å². The van der Waals surface area contributed by atoms with Crippen molar-refractivity contribution in [1.29, 1.82) is 5.26 Å². The highest BCUT2D eigenvalue weighted by molar-refractivity contribution is 9.10. The average Bonchev–Trinajstić information content (AvgIpc) is 3.18. The van der Waals surface area contributed by atoms with Crippen molar-refractivity contribution in [2.24, 2.45) is 0 Å². The molecule has 0 spiro atoms. The van der Waals surface area contributed by atoms with E-state index in [0.717, 1.165) is 38.0 Å². The minimum atomic E-state index is 0.658. The fraction of sp³-hybridized carbons (Fsp3) is 0.0476. The summed E-state index contributed by atoms with van der Waals surface area (Å²) in [7, 11) is 0. The molecule has 5 nitrogen and oxygen atoms in total. The molecule has 0 aliphatic rings. The topological polar surface area (TPSA) is 67.4 Å². The average molecular weight is 448 g/mol. The van der Waals surface area contributed by atoms with E-state index in [1.165, 1.54) is 0 Å². The fourth-order valence-corrected chi connectivity index (χ4v) is 3.86. The molecule has 4 rings (SSSR count). The Balaban J connectivity index is 1.69. The Bertz CT molecular complexity index is 1120. The summed E-state index contributed by atoms with van der Waals surface area (Å²) in [6.45, 7) is 0. The predicted molar refractivity (Wildman–Crippen MR) is 113 cm³/mol. The highest BCUT2D eigenvalue weighted by Crippen LogP contribution is 2.30. The van der Waals surface area contributed by atoms with Gasteiger partial charge < -0.3 is 0 Å². The molecule has 0 saturated heterocycles. The second-order valence-electron chi connectivity index (χ2n) is 5.96. The maximum atomic E-state index is 8.94. The van der Waals surface area contributed by atoms with Crippen molar-refractivity contribution in [3.05, 3.63) is 88.7 Å². The molecule has 0 radical (unpaired) electrons. The zero-order valence-electron chi connectivity index (χ0n) is 14.7. The fourth-order valence-electron chi connectivity index (χ4n) is 2.69. The Morgan fingerprint density at radius 3 is 2.46 bits per heavy atom. The zero-order chi connectivity index (χ0) is 19.3. The first-order chi connectivity index (χ1) is 13.7. The van der Waals surface area contributed by atoms with E-state index in [-0.39, 0.29) is 0 Å². The van der Waals surface area contributed by atoms with Gasteiger partial charge in [-0.25, -0.2) is 0 Å². The Kier molecular flexibility index (Phi) is 5.51. The number of aromatic nitrogens is 4. The van der Waals surface area contributed by atoms with Crippen LogP contribution in [0.4, 0.5) is 0 Å². The number of halogens is 1. The number of nitriles is 1. The molecule has 0 aliphatic heterocycles. The van der Waals surface area contributed by atoms with Crippen LogP contribution in [-0.4, -0.2) is 19.7 Å². The SMILES string of the molecule is N#Cc1ccc(CSc2nnc(-c3cccnc3)n2-c2ccc(Br)cc2)cc1. The van der Waals surface area contributed by atoms with Crippen molar-refractivity contribution in [2.45, 2.75) is 10.9 Å². The highest BCUT2D eigenvalue weighted by Gasteiger charge is 2.16. The monoisotopic (exact) mass is 447 g/mol. The van der Waals surface area contributed by atoms with Crippen molar-refractivity contribution in [3.63, 3.8) is 0 Å². The third-order valence-electron chi connectivity index (χ3n) is 4.09. The zero-order valence-corrected chi connectivity index (χ0v) is 17.1. The summed E-state index contributed by atoms with van der Waals surface area (Å²) in [5.41, 5.74) is 3.67. The van der Waals surface area contributed by atoms with Gasteiger partial charge in [-0.15, -0.1) is 10.2 Å². The Morgan fingerprint density at radius 2 is 1.79 bits per heavy atom. The lowest BCUT2D eigenvalue weighted by atomic mass is 10.2. The first-order valence-corrected chi connectivity index (χ1v) is 10.3. The van der Waals surface area contributed by atoms with Crippen LogP contribution in [0.5, 0.6) is 0 Å². The summed E-state index contributed by atoms with van der Waals surface area (Å²) in [6, 6.07) is 21.6. The van der Waals surface area contributed by atoms with Crippen LogP contribution in [0.3, 0.4) is 0 Å². The van der Waals surface area contributed by atoms with E-state index in [9.17, 15) is 0 Å². The largest absolute Gasteiger partial charge is 0.270 e. The number of rotatable bonds is 5. The third-order valence-corrected chi connectivity index (χ3v) is 5.62. The van der Waals surface area contributed by atoms with Crippen LogP contribution in [-0.2, 0) is 5.75 Å². The molecule has 0 atom stereocenters. The number of pyridine rings is 1. The van der Waals surface area contributed by atoms with Crippen molar-refractivity contribution in [2.75, 3.05) is 0 Å². The molecule has 7 heteroatoms. The Hall–Kier alpha value is -2.95. The van der Waals surface area contributed by atoms with E-state index in [4.69, 9.17) is 5.26 Å². The Labute approximate surface area is 175 Å². The molecule has 2 heterocycles. The van der Waals surface area contributed by atoms with Gasteiger partial charge in [0.15, 0.2) is 11.0 Å². The van der Waals surface area contributed by atoms with Gasteiger partial charge in [-0.2, -0.15) is 5.26 Å². The summed E-state index contributed by atoms with van der Waals surface area (Å²) in [4.78, 5) is 4.21. The van der Waals surface area contributed by atoms with Crippen molar-refractivity contribution in [1.82, 2.24) is 19.7 Å². The van der Waals surface area contributed by atoms with E-state index in [0.29, 0.717) is 5.56 Å². The smallest absolute Gasteiger partial charge is 0.196 e. The lowest BCUT2D eigenvalue weighted by molar-refractivity contribution is 0.885. The van der Waals surface area contributed by atoms with Crippen molar-refractivity contribution >= 4 is 27.7 Å². The normalized spacial score (nSPS) is 10.6. The molecule has 0 saturated carbocycles. The van der Waals surface area contributed by atoms with E-state index in [2.05, 4.69) is 37.2 Å². The lowest BCUT2D eigenvalue weighted by Crippen LogP contribution is -2.00. The summed E-state index contributed by atoms with van der Waals surface area (Å²) in [6.07, 6.45) is 3.53. The number of thioether (sulfide) groups is 1. The second kappa shape index (κ2) is 8.38. The molecule has 2 aromatic heterocycles. The maximum absolute atomic E-state index is 8.94. The van der Waals surface area contributed by atoms with Crippen LogP contribution >= 0.6 is 27.7 Å². The minimum absolute atomic E-state index is 0.658. The predicted octanol–water partition coefficient (Wildman–Crippen LogP) is 5.26. The van der Waals surface area contributed by atoms with Crippen LogP contribution in [0.2, 0.25) is 0 Å². The molecule has 4 aromatic rings. The molecule has 0 N–H and O–H groups in total. The molecule has 2 aromatic carbocycles. The van der Waals surface area contributed by atoms with Crippen molar-refractivity contribution in [3.8, 4) is 23.1 Å². The van der Waals surface area contributed by atoms with Gasteiger partial charge in [0.2, 0.25) is 0 Å². The number of nitrogens with zero attached hydrogens (tertiary/aromatic N) is 5. The lowest BCUT2D eigenvalue weighted by Gasteiger charge is -2.10. The molecule has 0 fully saturated rings. The first kappa shape index (κ1) is 18.4.